The van der Waals surface area contributed by atoms with Gasteiger partial charge in [-0.3, -0.25) is 19.8 Å². The maximum Gasteiger partial charge on any atom is 0.404 e. The second-order valence-electron chi connectivity index (χ2n) is 8.10. The lowest BCUT2D eigenvalue weighted by Gasteiger charge is -2.39. The summed E-state index contributed by atoms with van der Waals surface area (Å²) in [5.41, 5.74) is 0.361. The quantitative estimate of drug-likeness (QED) is 0.350. The zero-order valence-electron chi connectivity index (χ0n) is 18.3. The van der Waals surface area contributed by atoms with Gasteiger partial charge in [0.2, 0.25) is 5.91 Å². The van der Waals surface area contributed by atoms with E-state index in [2.05, 4.69) is 20.9 Å². The van der Waals surface area contributed by atoms with Gasteiger partial charge in [0.25, 0.3) is 0 Å². The fourth-order valence-electron chi connectivity index (χ4n) is 3.72. The summed E-state index contributed by atoms with van der Waals surface area (Å²) < 4.78 is 54.8. The van der Waals surface area contributed by atoms with Crippen molar-refractivity contribution < 1.29 is 37.1 Å². The second kappa shape index (κ2) is 10.1. The van der Waals surface area contributed by atoms with Gasteiger partial charge >= 0.3 is 18.2 Å². The van der Waals surface area contributed by atoms with Crippen LogP contribution >= 0.6 is 11.3 Å². The summed E-state index contributed by atoms with van der Waals surface area (Å²) >= 11 is 0.924. The maximum absolute atomic E-state index is 13.8. The highest BCUT2D eigenvalue weighted by atomic mass is 32.1. The van der Waals surface area contributed by atoms with Crippen molar-refractivity contribution in [3.05, 3.63) is 53.8 Å². The topological polar surface area (TPSA) is 124 Å². The average molecular weight is 525 g/mol. The van der Waals surface area contributed by atoms with Crippen LogP contribution in [0, 0.1) is 5.82 Å². The van der Waals surface area contributed by atoms with E-state index < -0.39 is 41.9 Å². The third-order valence-corrected chi connectivity index (χ3v) is 6.25. The van der Waals surface area contributed by atoms with Crippen LogP contribution in [0.4, 0.5) is 33.2 Å². The summed E-state index contributed by atoms with van der Waals surface area (Å²) in [4.78, 5) is 41.1. The Morgan fingerprint density at radius 3 is 2.44 bits per heavy atom. The molecule has 9 nitrogen and oxygen atoms in total. The number of fused-ring (bicyclic) bond motifs is 1. The molecule has 14 heteroatoms. The van der Waals surface area contributed by atoms with Gasteiger partial charge in [0, 0.05) is 18.8 Å². The predicted octanol–water partition coefficient (Wildman–Crippen LogP) is 3.61. The normalized spacial score (nSPS) is 15.2. The molecule has 2 heterocycles. The lowest BCUT2D eigenvalue weighted by molar-refractivity contribution is -0.166. The fraction of sp³-hybridized carbons (Fsp3) is 0.273. The molecule has 1 aromatic heterocycles. The number of hydrogen-bond acceptors (Lipinski definition) is 6. The minimum atomic E-state index is -4.87. The molecule has 0 radical (unpaired) electrons. The number of carboxylic acids is 1. The van der Waals surface area contributed by atoms with Gasteiger partial charge in [0.1, 0.15) is 5.82 Å². The number of aromatic nitrogens is 1. The van der Waals surface area contributed by atoms with Crippen LogP contribution in [0.3, 0.4) is 0 Å². The molecule has 1 aliphatic heterocycles. The van der Waals surface area contributed by atoms with Gasteiger partial charge in [-0.25, -0.2) is 14.2 Å². The minimum absolute atomic E-state index is 0.114. The van der Waals surface area contributed by atoms with E-state index in [1.807, 2.05) is 0 Å². The number of benzene rings is 2. The molecule has 1 unspecified atom stereocenters. The van der Waals surface area contributed by atoms with Gasteiger partial charge in [0.15, 0.2) is 11.0 Å². The van der Waals surface area contributed by atoms with Crippen LogP contribution in [0.25, 0.3) is 10.2 Å². The molecule has 0 spiro atoms. The molecule has 2 aromatic carbocycles. The van der Waals surface area contributed by atoms with Crippen LogP contribution in [0.5, 0.6) is 0 Å². The molecule has 190 valence electrons. The van der Waals surface area contributed by atoms with Crippen molar-refractivity contribution in [3.8, 4) is 0 Å². The lowest BCUT2D eigenvalue weighted by atomic mass is 9.96. The number of nitrogens with one attached hydrogen (secondary N) is 3. The monoisotopic (exact) mass is 525 g/mol. The molecule has 4 N–H and O–H groups in total. The molecule has 1 saturated heterocycles. The zero-order chi connectivity index (χ0) is 26.0. The Morgan fingerprint density at radius 2 is 1.81 bits per heavy atom. The van der Waals surface area contributed by atoms with Gasteiger partial charge in [-0.2, -0.15) is 13.2 Å². The first kappa shape index (κ1) is 25.3. The van der Waals surface area contributed by atoms with Crippen molar-refractivity contribution in [1.29, 1.82) is 0 Å². The number of aliphatic carboxylic acids is 1. The highest BCUT2D eigenvalue weighted by molar-refractivity contribution is 7.22. The number of rotatable bonds is 7. The van der Waals surface area contributed by atoms with Gasteiger partial charge < -0.3 is 15.7 Å². The number of halogens is 4. The van der Waals surface area contributed by atoms with Crippen LogP contribution in [-0.4, -0.2) is 64.8 Å². The SMILES string of the molecule is O=C(O)CN1CC(NC(=O)C(c2ccc3nc(NC(=O)Nc4ccc(F)cc4)sc3c2)C(F)(F)F)C1. The number of amides is 3. The third kappa shape index (κ3) is 6.07. The average Bonchev–Trinajstić information content (AvgIpc) is 3.14. The number of carbonyl (C=O) groups excluding carboxylic acids is 2. The van der Waals surface area contributed by atoms with E-state index in [4.69, 9.17) is 5.11 Å². The van der Waals surface area contributed by atoms with Gasteiger partial charge in [-0.05, 0) is 42.0 Å². The van der Waals surface area contributed by atoms with Crippen LogP contribution < -0.4 is 16.0 Å². The molecule has 1 fully saturated rings. The zero-order valence-corrected chi connectivity index (χ0v) is 19.1. The first-order valence-electron chi connectivity index (χ1n) is 10.5. The molecule has 3 aromatic rings. The first-order valence-corrected chi connectivity index (χ1v) is 11.3. The molecule has 0 saturated carbocycles. The van der Waals surface area contributed by atoms with Gasteiger partial charge in [-0.1, -0.05) is 17.4 Å². The number of hydrogen-bond donors (Lipinski definition) is 4. The number of anilines is 2. The number of nitrogens with zero attached hydrogens (tertiary/aromatic N) is 2. The molecule has 1 aliphatic rings. The van der Waals surface area contributed by atoms with Crippen molar-refractivity contribution >= 4 is 50.3 Å². The van der Waals surface area contributed by atoms with E-state index in [9.17, 15) is 31.9 Å². The van der Waals surface area contributed by atoms with Crippen LogP contribution in [-0.2, 0) is 9.59 Å². The van der Waals surface area contributed by atoms with E-state index in [1.165, 1.54) is 41.3 Å². The van der Waals surface area contributed by atoms with Crippen molar-refractivity contribution in [2.24, 2.45) is 0 Å². The summed E-state index contributed by atoms with van der Waals surface area (Å²) in [6.07, 6.45) is -4.87. The van der Waals surface area contributed by atoms with Crippen molar-refractivity contribution in [2.75, 3.05) is 30.3 Å². The second-order valence-corrected chi connectivity index (χ2v) is 9.13. The van der Waals surface area contributed by atoms with E-state index in [-0.39, 0.29) is 30.3 Å². The Labute approximate surface area is 205 Å². The number of alkyl halides is 3. The molecule has 0 bridgehead atoms. The van der Waals surface area contributed by atoms with Gasteiger partial charge in [-0.15, -0.1) is 0 Å². The summed E-state index contributed by atoms with van der Waals surface area (Å²) in [5.74, 6) is -5.20. The lowest BCUT2D eigenvalue weighted by Crippen LogP contribution is -2.61. The number of urea groups is 1. The number of carboxylic acid groups (broad SMARTS) is 1. The molecule has 3 amide bonds. The van der Waals surface area contributed by atoms with Crippen LogP contribution in [0.1, 0.15) is 11.5 Å². The molecular weight excluding hydrogens is 506 g/mol. The first-order chi connectivity index (χ1) is 17.0. The number of likely N-dealkylation sites (tertiary alicyclic amines) is 1. The van der Waals surface area contributed by atoms with E-state index in [0.29, 0.717) is 15.9 Å². The van der Waals surface area contributed by atoms with Crippen LogP contribution in [0.2, 0.25) is 0 Å². The van der Waals surface area contributed by atoms with Crippen molar-refractivity contribution in [3.63, 3.8) is 0 Å². The Morgan fingerprint density at radius 1 is 1.11 bits per heavy atom. The number of thiazole rings is 1. The van der Waals surface area contributed by atoms with E-state index in [1.54, 1.807) is 0 Å². The predicted molar refractivity (Wildman–Crippen MR) is 123 cm³/mol. The summed E-state index contributed by atoms with van der Waals surface area (Å²) in [6, 6.07) is 7.47. The highest BCUT2D eigenvalue weighted by Crippen LogP contribution is 2.38. The standard InChI is InChI=1S/C22H19F4N5O4S/c23-12-2-4-13(5-3-12)28-20(35)30-21-29-15-6-1-11(7-16(15)36-21)18(22(24,25)26)19(34)27-14-8-31(9-14)10-17(32)33/h1-7,14,18H,8-10H2,(H,27,34)(H,32,33)(H2,28,29,30,35). The summed E-state index contributed by atoms with van der Waals surface area (Å²) in [7, 11) is 0. The van der Waals surface area contributed by atoms with Crippen molar-refractivity contribution in [1.82, 2.24) is 15.2 Å². The Kier molecular flexibility index (Phi) is 7.08. The fourth-order valence-corrected chi connectivity index (χ4v) is 4.63. The Balaban J connectivity index is 1.45. The molecule has 4 rings (SSSR count). The van der Waals surface area contributed by atoms with Crippen LogP contribution in [0.15, 0.2) is 42.5 Å². The maximum atomic E-state index is 13.8. The summed E-state index contributed by atoms with van der Waals surface area (Å²) in [6.45, 7) is 0.0342. The van der Waals surface area contributed by atoms with E-state index in [0.717, 1.165) is 17.4 Å². The molecule has 36 heavy (non-hydrogen) atoms. The summed E-state index contributed by atoms with van der Waals surface area (Å²) in [5, 5.41) is 16.2. The molecular formula is C22H19F4N5O4S. The Hall–Kier alpha value is -3.78. The highest BCUT2D eigenvalue weighted by Gasteiger charge is 2.47. The molecule has 0 aliphatic carbocycles. The smallest absolute Gasteiger partial charge is 0.404 e. The van der Waals surface area contributed by atoms with E-state index >= 15 is 0 Å². The number of carbonyl (C=O) groups is 3. The third-order valence-electron chi connectivity index (χ3n) is 5.32. The molecule has 1 atom stereocenters. The Bertz CT molecular complexity index is 1290. The largest absolute Gasteiger partial charge is 0.480 e. The van der Waals surface area contributed by atoms with Crippen molar-refractivity contribution in [2.45, 2.75) is 18.1 Å². The minimum Gasteiger partial charge on any atom is -0.480 e. The van der Waals surface area contributed by atoms with Gasteiger partial charge in [0.05, 0.1) is 22.8 Å².